The van der Waals surface area contributed by atoms with Gasteiger partial charge in [0.1, 0.15) is 11.5 Å². The summed E-state index contributed by atoms with van der Waals surface area (Å²) >= 11 is 0. The molecule has 28 heavy (non-hydrogen) atoms. The van der Waals surface area contributed by atoms with Crippen molar-refractivity contribution in [3.8, 4) is 11.4 Å². The van der Waals surface area contributed by atoms with Gasteiger partial charge in [0, 0.05) is 43.2 Å². The Morgan fingerprint density at radius 1 is 1.00 bits per heavy atom. The van der Waals surface area contributed by atoms with Crippen LogP contribution in [0.5, 0.6) is 0 Å². The largest absolute Gasteiger partial charge is 0.384 e. The van der Waals surface area contributed by atoms with Crippen LogP contribution in [0, 0.1) is 0 Å². The van der Waals surface area contributed by atoms with Crippen LogP contribution in [-0.2, 0) is 6.42 Å². The molecule has 0 bridgehead atoms. The number of hydrogen-bond donors (Lipinski definition) is 3. The Bertz CT molecular complexity index is 946. The Kier molecular flexibility index (Phi) is 5.42. The molecule has 3 aromatic rings. The average Bonchev–Trinajstić information content (AvgIpc) is 2.75. The molecule has 0 fully saturated rings. The summed E-state index contributed by atoms with van der Waals surface area (Å²) in [5, 5.41) is 9.61. The van der Waals surface area contributed by atoms with E-state index in [-0.39, 0.29) is 5.91 Å². The van der Waals surface area contributed by atoms with E-state index in [9.17, 15) is 4.79 Å². The number of hydrogen-bond acceptors (Lipinski definition) is 6. The van der Waals surface area contributed by atoms with E-state index in [0.29, 0.717) is 18.1 Å². The Hall–Kier alpha value is -3.48. The summed E-state index contributed by atoms with van der Waals surface area (Å²) in [6, 6.07) is 13.6. The van der Waals surface area contributed by atoms with Crippen molar-refractivity contribution in [2.45, 2.75) is 12.8 Å². The highest BCUT2D eigenvalue weighted by molar-refractivity contribution is 5.96. The second kappa shape index (κ2) is 8.47. The molecule has 0 unspecified atom stereocenters. The number of nitrogens with one attached hydrogen (secondary N) is 3. The normalized spacial score (nSPS) is 12.8. The molecule has 3 N–H and O–H groups in total. The Balaban J connectivity index is 1.47. The zero-order valence-electron chi connectivity index (χ0n) is 15.5. The summed E-state index contributed by atoms with van der Waals surface area (Å²) in [5.74, 6) is 1.18. The van der Waals surface area contributed by atoms with Crippen molar-refractivity contribution in [1.82, 2.24) is 20.3 Å². The number of fused-ring (bicyclic) bond motifs is 1. The molecular weight excluding hydrogens is 352 g/mol. The van der Waals surface area contributed by atoms with Crippen molar-refractivity contribution in [2.24, 2.45) is 0 Å². The monoisotopic (exact) mass is 374 g/mol. The topological polar surface area (TPSA) is 91.8 Å². The highest BCUT2D eigenvalue weighted by atomic mass is 16.1. The Morgan fingerprint density at radius 3 is 2.68 bits per heavy atom. The predicted molar refractivity (Wildman–Crippen MR) is 109 cm³/mol. The first kappa shape index (κ1) is 17.9. The third kappa shape index (κ3) is 4.09. The van der Waals surface area contributed by atoms with Crippen LogP contribution in [0.3, 0.4) is 0 Å². The lowest BCUT2D eigenvalue weighted by molar-refractivity contribution is 0.0940. The molecule has 1 amide bonds. The average molecular weight is 374 g/mol. The molecule has 0 saturated heterocycles. The first-order valence-electron chi connectivity index (χ1n) is 9.43. The maximum atomic E-state index is 12.3. The zero-order chi connectivity index (χ0) is 19.2. The second-order valence-corrected chi connectivity index (χ2v) is 6.54. The maximum Gasteiger partial charge on any atom is 0.270 e. The van der Waals surface area contributed by atoms with Crippen LogP contribution in [0.15, 0.2) is 54.9 Å². The summed E-state index contributed by atoms with van der Waals surface area (Å²) in [6.45, 7) is 2.17. The molecule has 2 aromatic heterocycles. The summed E-state index contributed by atoms with van der Waals surface area (Å²) < 4.78 is 0. The standard InChI is InChI=1S/C21H22N6O/c28-21-18-17(9-13-25-21)20(27-19(26-18)15-6-2-1-3-7-15)24-12-5-11-23-16-8-4-10-22-14-16/h1-4,6-8,10,14,23H,5,9,11-13H2,(H,25,28)(H,24,26,27). The highest BCUT2D eigenvalue weighted by Crippen LogP contribution is 2.24. The number of pyridine rings is 1. The minimum Gasteiger partial charge on any atom is -0.384 e. The van der Waals surface area contributed by atoms with Gasteiger partial charge >= 0.3 is 0 Å². The van der Waals surface area contributed by atoms with Crippen LogP contribution >= 0.6 is 0 Å². The lowest BCUT2D eigenvalue weighted by atomic mass is 10.1. The van der Waals surface area contributed by atoms with Crippen LogP contribution in [0.1, 0.15) is 22.5 Å². The zero-order valence-corrected chi connectivity index (χ0v) is 15.5. The van der Waals surface area contributed by atoms with Gasteiger partial charge in [-0.1, -0.05) is 30.3 Å². The molecule has 0 atom stereocenters. The summed E-state index contributed by atoms with van der Waals surface area (Å²) in [7, 11) is 0. The van der Waals surface area contributed by atoms with Gasteiger partial charge in [0.05, 0.1) is 5.69 Å². The number of carbonyl (C=O) groups excluding carboxylic acids is 1. The molecule has 0 saturated carbocycles. The fourth-order valence-electron chi connectivity index (χ4n) is 3.15. The Morgan fingerprint density at radius 2 is 1.86 bits per heavy atom. The van der Waals surface area contributed by atoms with Crippen molar-refractivity contribution in [1.29, 1.82) is 0 Å². The smallest absolute Gasteiger partial charge is 0.270 e. The summed E-state index contributed by atoms with van der Waals surface area (Å²) in [4.78, 5) is 25.6. The Labute approximate surface area is 163 Å². The minimum absolute atomic E-state index is 0.137. The van der Waals surface area contributed by atoms with Gasteiger partial charge in [0.2, 0.25) is 0 Å². The van der Waals surface area contributed by atoms with E-state index < -0.39 is 0 Å². The molecule has 1 aromatic carbocycles. The molecule has 0 radical (unpaired) electrons. The molecule has 7 nitrogen and oxygen atoms in total. The lowest BCUT2D eigenvalue weighted by Crippen LogP contribution is -2.34. The quantitative estimate of drug-likeness (QED) is 0.551. The van der Waals surface area contributed by atoms with Crippen molar-refractivity contribution >= 4 is 17.4 Å². The van der Waals surface area contributed by atoms with Crippen molar-refractivity contribution in [2.75, 3.05) is 30.3 Å². The van der Waals surface area contributed by atoms with Crippen LogP contribution in [0.25, 0.3) is 11.4 Å². The summed E-state index contributed by atoms with van der Waals surface area (Å²) in [6.07, 6.45) is 5.19. The fourth-order valence-corrected chi connectivity index (χ4v) is 3.15. The molecule has 0 spiro atoms. The molecule has 142 valence electrons. The van der Waals surface area contributed by atoms with Gasteiger partial charge in [-0.25, -0.2) is 9.97 Å². The number of nitrogens with zero attached hydrogens (tertiary/aromatic N) is 3. The fraction of sp³-hybridized carbons (Fsp3) is 0.238. The minimum atomic E-state index is -0.137. The number of anilines is 2. The van der Waals surface area contributed by atoms with Gasteiger partial charge in [-0.15, -0.1) is 0 Å². The van der Waals surface area contributed by atoms with E-state index in [1.807, 2.05) is 42.5 Å². The summed E-state index contributed by atoms with van der Waals surface area (Å²) in [5.41, 5.74) is 3.26. The van der Waals surface area contributed by atoms with E-state index in [4.69, 9.17) is 4.98 Å². The van der Waals surface area contributed by atoms with Crippen LogP contribution in [-0.4, -0.2) is 40.5 Å². The molecule has 1 aliphatic rings. The van der Waals surface area contributed by atoms with Gasteiger partial charge in [-0.2, -0.15) is 0 Å². The van der Waals surface area contributed by atoms with Crippen LogP contribution < -0.4 is 16.0 Å². The molecule has 7 heteroatoms. The molecule has 1 aliphatic heterocycles. The maximum absolute atomic E-state index is 12.3. The SMILES string of the molecule is O=C1NCCc2c(NCCCNc3cccnc3)nc(-c3ccccc3)nc21. The third-order valence-corrected chi connectivity index (χ3v) is 4.55. The van der Waals surface area contributed by atoms with Crippen molar-refractivity contribution in [3.05, 3.63) is 66.1 Å². The molecule has 0 aliphatic carbocycles. The van der Waals surface area contributed by atoms with E-state index in [1.54, 1.807) is 12.4 Å². The predicted octanol–water partition coefficient (Wildman–Crippen LogP) is 2.74. The third-order valence-electron chi connectivity index (χ3n) is 4.55. The lowest BCUT2D eigenvalue weighted by Gasteiger charge is -2.20. The van der Waals surface area contributed by atoms with Gasteiger partial charge < -0.3 is 16.0 Å². The second-order valence-electron chi connectivity index (χ2n) is 6.54. The van der Waals surface area contributed by atoms with Gasteiger partial charge in [-0.05, 0) is 25.0 Å². The van der Waals surface area contributed by atoms with E-state index >= 15 is 0 Å². The van der Waals surface area contributed by atoms with Crippen LogP contribution in [0.4, 0.5) is 11.5 Å². The van der Waals surface area contributed by atoms with E-state index in [1.165, 1.54) is 0 Å². The van der Waals surface area contributed by atoms with Crippen LogP contribution in [0.2, 0.25) is 0 Å². The number of rotatable bonds is 7. The van der Waals surface area contributed by atoms with Gasteiger partial charge in [0.25, 0.3) is 5.91 Å². The van der Waals surface area contributed by atoms with E-state index in [0.717, 1.165) is 48.6 Å². The van der Waals surface area contributed by atoms with Gasteiger partial charge in [0.15, 0.2) is 5.82 Å². The van der Waals surface area contributed by atoms with Crippen molar-refractivity contribution in [3.63, 3.8) is 0 Å². The van der Waals surface area contributed by atoms with E-state index in [2.05, 4.69) is 25.9 Å². The number of carbonyl (C=O) groups is 1. The molecular formula is C21H22N6O. The number of benzene rings is 1. The van der Waals surface area contributed by atoms with Gasteiger partial charge in [-0.3, -0.25) is 9.78 Å². The number of aromatic nitrogens is 3. The highest BCUT2D eigenvalue weighted by Gasteiger charge is 2.23. The molecule has 3 heterocycles. The first-order chi connectivity index (χ1) is 13.8. The molecule has 4 rings (SSSR count). The number of amides is 1. The first-order valence-corrected chi connectivity index (χ1v) is 9.43. The van der Waals surface area contributed by atoms with Crippen molar-refractivity contribution < 1.29 is 4.79 Å².